The van der Waals surface area contributed by atoms with E-state index in [2.05, 4.69) is 28.3 Å². The Hall–Kier alpha value is -0.520. The summed E-state index contributed by atoms with van der Waals surface area (Å²) in [5, 5.41) is 0. The minimum absolute atomic E-state index is 0.273. The molecule has 0 saturated carbocycles. The monoisotopic (exact) mass is 288 g/mol. The van der Waals surface area contributed by atoms with Crippen molar-refractivity contribution in [3.63, 3.8) is 0 Å². The third kappa shape index (κ3) is 3.52. The summed E-state index contributed by atoms with van der Waals surface area (Å²) >= 11 is 5.28. The van der Waals surface area contributed by atoms with Crippen LogP contribution in [0.3, 0.4) is 0 Å². The van der Waals surface area contributed by atoms with E-state index in [0.717, 1.165) is 16.0 Å². The Morgan fingerprint density at radius 3 is 2.87 bits per heavy atom. The largest absolute Gasteiger partial charge is 0.290 e. The molecule has 5 heteroatoms. The molecule has 0 aliphatic heterocycles. The van der Waals surface area contributed by atoms with E-state index in [0.29, 0.717) is 5.56 Å². The zero-order valence-electron chi connectivity index (χ0n) is 8.42. The molecular weight excluding hydrogens is 276 g/mol. The van der Waals surface area contributed by atoms with Gasteiger partial charge in [-0.1, -0.05) is 28.9 Å². The van der Waals surface area contributed by atoms with Gasteiger partial charge in [0.05, 0.1) is 0 Å². The number of hydrogen-bond donors (Lipinski definition) is 2. The summed E-state index contributed by atoms with van der Waals surface area (Å²) in [5.41, 5.74) is 3.86. The molecule has 15 heavy (non-hydrogen) atoms. The smallest absolute Gasteiger partial charge is 0.265 e. The van der Waals surface area contributed by atoms with E-state index in [9.17, 15) is 4.79 Å². The van der Waals surface area contributed by atoms with Crippen LogP contribution in [0.4, 0.5) is 0 Å². The predicted molar refractivity (Wildman–Crippen MR) is 67.6 cm³/mol. The van der Waals surface area contributed by atoms with Crippen LogP contribution in [0.15, 0.2) is 22.7 Å². The number of nitrogen functional groups attached to an aromatic ring is 1. The van der Waals surface area contributed by atoms with Gasteiger partial charge in [0.1, 0.15) is 0 Å². The van der Waals surface area contributed by atoms with Crippen molar-refractivity contribution in [2.75, 3.05) is 5.75 Å². The average Bonchev–Trinajstić information content (AvgIpc) is 2.26. The third-order valence-corrected chi connectivity index (χ3v) is 3.57. The minimum Gasteiger partial charge on any atom is -0.290 e. The van der Waals surface area contributed by atoms with Crippen molar-refractivity contribution in [2.45, 2.75) is 12.7 Å². The molecule has 0 atom stereocenters. The van der Waals surface area contributed by atoms with Gasteiger partial charge in [-0.15, -0.1) is 0 Å². The van der Waals surface area contributed by atoms with Crippen LogP contribution in [0.25, 0.3) is 0 Å². The highest BCUT2D eigenvalue weighted by Crippen LogP contribution is 2.22. The fourth-order valence-electron chi connectivity index (χ4n) is 1.10. The highest BCUT2D eigenvalue weighted by molar-refractivity contribution is 9.10. The van der Waals surface area contributed by atoms with Gasteiger partial charge in [-0.2, -0.15) is 11.8 Å². The maximum absolute atomic E-state index is 11.2. The van der Waals surface area contributed by atoms with Crippen molar-refractivity contribution in [1.82, 2.24) is 5.43 Å². The second kappa shape index (κ2) is 6.15. The molecule has 0 radical (unpaired) electrons. The second-order valence-electron chi connectivity index (χ2n) is 2.92. The number of amides is 1. The van der Waals surface area contributed by atoms with E-state index in [1.54, 1.807) is 12.1 Å². The molecule has 0 bridgehead atoms. The van der Waals surface area contributed by atoms with Crippen LogP contribution in [0.5, 0.6) is 0 Å². The Kier molecular flexibility index (Phi) is 5.14. The number of carbonyl (C=O) groups is 1. The molecule has 0 fully saturated rings. The minimum atomic E-state index is -0.273. The van der Waals surface area contributed by atoms with Crippen molar-refractivity contribution in [1.29, 1.82) is 0 Å². The topological polar surface area (TPSA) is 55.1 Å². The van der Waals surface area contributed by atoms with Crippen LogP contribution in [0, 0.1) is 0 Å². The molecular formula is C10H13BrN2OS. The Labute approximate surface area is 102 Å². The van der Waals surface area contributed by atoms with Crippen molar-refractivity contribution in [3.05, 3.63) is 33.8 Å². The summed E-state index contributed by atoms with van der Waals surface area (Å²) in [6.07, 6.45) is 0. The van der Waals surface area contributed by atoms with E-state index >= 15 is 0 Å². The first-order chi connectivity index (χ1) is 7.19. The molecule has 1 aromatic carbocycles. The van der Waals surface area contributed by atoms with E-state index in [1.807, 2.05) is 17.8 Å². The Morgan fingerprint density at radius 1 is 1.60 bits per heavy atom. The molecule has 1 rings (SSSR count). The van der Waals surface area contributed by atoms with Gasteiger partial charge >= 0.3 is 0 Å². The van der Waals surface area contributed by atoms with Gasteiger partial charge in [0.25, 0.3) is 5.91 Å². The number of thioether (sulfide) groups is 1. The van der Waals surface area contributed by atoms with Gasteiger partial charge < -0.3 is 0 Å². The normalized spacial score (nSPS) is 10.1. The molecule has 0 spiro atoms. The number of halogens is 1. The fourth-order valence-corrected chi connectivity index (χ4v) is 2.48. The molecule has 0 saturated heterocycles. The van der Waals surface area contributed by atoms with Gasteiger partial charge in [0.2, 0.25) is 0 Å². The maximum atomic E-state index is 11.2. The first-order valence-electron chi connectivity index (χ1n) is 4.56. The van der Waals surface area contributed by atoms with Crippen LogP contribution in [0.1, 0.15) is 22.8 Å². The number of carbonyl (C=O) groups excluding carboxylic acids is 1. The Bertz CT molecular complexity index is 357. The number of nitrogens with two attached hydrogens (primary N) is 1. The lowest BCUT2D eigenvalue weighted by Gasteiger charge is -2.05. The van der Waals surface area contributed by atoms with Crippen molar-refractivity contribution >= 4 is 33.6 Å². The Morgan fingerprint density at radius 2 is 2.33 bits per heavy atom. The van der Waals surface area contributed by atoms with Gasteiger partial charge in [-0.05, 0) is 23.4 Å². The second-order valence-corrected chi connectivity index (χ2v) is 5.05. The summed E-state index contributed by atoms with van der Waals surface area (Å²) < 4.78 is 0.949. The van der Waals surface area contributed by atoms with Crippen LogP contribution in [-0.4, -0.2) is 11.7 Å². The molecule has 0 aliphatic carbocycles. The third-order valence-electron chi connectivity index (χ3n) is 1.91. The summed E-state index contributed by atoms with van der Waals surface area (Å²) in [6.45, 7) is 2.12. The quantitative estimate of drug-likeness (QED) is 0.508. The Balaban J connectivity index is 2.83. The van der Waals surface area contributed by atoms with Crippen LogP contribution in [-0.2, 0) is 5.75 Å². The van der Waals surface area contributed by atoms with Crippen LogP contribution < -0.4 is 11.3 Å². The summed E-state index contributed by atoms with van der Waals surface area (Å²) in [7, 11) is 0. The van der Waals surface area contributed by atoms with Gasteiger partial charge in [-0.25, -0.2) is 5.84 Å². The van der Waals surface area contributed by atoms with Crippen LogP contribution in [0.2, 0.25) is 0 Å². The average molecular weight is 289 g/mol. The summed E-state index contributed by atoms with van der Waals surface area (Å²) in [4.78, 5) is 11.2. The number of benzene rings is 1. The summed E-state index contributed by atoms with van der Waals surface area (Å²) in [5.74, 6) is 6.81. The molecule has 0 heterocycles. The number of nitrogens with one attached hydrogen (secondary N) is 1. The predicted octanol–water partition coefficient (Wildman–Crippen LogP) is 2.31. The molecule has 3 nitrogen and oxygen atoms in total. The molecule has 1 aromatic rings. The molecule has 0 unspecified atom stereocenters. The van der Waals surface area contributed by atoms with E-state index in [-0.39, 0.29) is 5.91 Å². The zero-order valence-corrected chi connectivity index (χ0v) is 10.8. The van der Waals surface area contributed by atoms with Gasteiger partial charge in [0, 0.05) is 15.8 Å². The van der Waals surface area contributed by atoms with E-state index in [1.165, 1.54) is 5.56 Å². The summed E-state index contributed by atoms with van der Waals surface area (Å²) in [6, 6.07) is 5.50. The molecule has 1 amide bonds. The first kappa shape index (κ1) is 12.5. The van der Waals surface area contributed by atoms with E-state index < -0.39 is 0 Å². The molecule has 3 N–H and O–H groups in total. The lowest BCUT2D eigenvalue weighted by molar-refractivity contribution is 0.0953. The zero-order chi connectivity index (χ0) is 11.3. The molecule has 0 aromatic heterocycles. The van der Waals surface area contributed by atoms with Crippen molar-refractivity contribution in [2.24, 2.45) is 5.84 Å². The lowest BCUT2D eigenvalue weighted by atomic mass is 10.1. The standard InChI is InChI=1S/C10H13BrN2OS/c1-2-15-6-8-4-3-7(5-9(8)11)10(14)13-12/h3-5H,2,6,12H2,1H3,(H,13,14). The van der Waals surface area contributed by atoms with E-state index in [4.69, 9.17) is 5.84 Å². The van der Waals surface area contributed by atoms with Crippen molar-refractivity contribution in [3.8, 4) is 0 Å². The number of hydrogen-bond acceptors (Lipinski definition) is 3. The van der Waals surface area contributed by atoms with Crippen LogP contribution >= 0.6 is 27.7 Å². The maximum Gasteiger partial charge on any atom is 0.265 e. The first-order valence-corrected chi connectivity index (χ1v) is 6.51. The SMILES string of the molecule is CCSCc1ccc(C(=O)NN)cc1Br. The number of hydrazine groups is 1. The van der Waals surface area contributed by atoms with Gasteiger partial charge in [0.15, 0.2) is 0 Å². The highest BCUT2D eigenvalue weighted by atomic mass is 79.9. The lowest BCUT2D eigenvalue weighted by Crippen LogP contribution is -2.29. The molecule has 0 aliphatic rings. The van der Waals surface area contributed by atoms with Crippen molar-refractivity contribution < 1.29 is 4.79 Å². The fraction of sp³-hybridized carbons (Fsp3) is 0.300. The highest BCUT2D eigenvalue weighted by Gasteiger charge is 2.06. The van der Waals surface area contributed by atoms with Gasteiger partial charge in [-0.3, -0.25) is 10.2 Å². The molecule has 82 valence electrons. The number of rotatable bonds is 4.